The molecule has 1 N–H and O–H groups in total. The van der Waals surface area contributed by atoms with Crippen LogP contribution in [0, 0.1) is 0 Å². The summed E-state index contributed by atoms with van der Waals surface area (Å²) in [5.74, 6) is 0. The third kappa shape index (κ3) is 6.32. The molecule has 0 saturated carbocycles. The van der Waals surface area contributed by atoms with Gasteiger partial charge in [0.15, 0.2) is 0 Å². The highest BCUT2D eigenvalue weighted by Crippen LogP contribution is 1.98. The van der Waals surface area contributed by atoms with Gasteiger partial charge in [0.1, 0.15) is 0 Å². The first-order valence-electron chi connectivity index (χ1n) is 5.67. The number of hydrogen-bond donors (Lipinski definition) is 1. The molecular formula is C13H20N2O. The van der Waals surface area contributed by atoms with Crippen LogP contribution in [0.5, 0.6) is 0 Å². The number of ether oxygens (including phenoxy) is 1. The van der Waals surface area contributed by atoms with Crippen LogP contribution in [0.3, 0.4) is 0 Å². The van der Waals surface area contributed by atoms with Crippen LogP contribution in [0.15, 0.2) is 36.7 Å². The highest BCUT2D eigenvalue weighted by molar-refractivity contribution is 5.13. The van der Waals surface area contributed by atoms with E-state index in [0.717, 1.165) is 32.5 Å². The van der Waals surface area contributed by atoms with E-state index in [1.54, 1.807) is 7.11 Å². The molecule has 0 amide bonds. The van der Waals surface area contributed by atoms with Gasteiger partial charge in [0.25, 0.3) is 0 Å². The number of nitrogens with zero attached hydrogens (tertiary/aromatic N) is 1. The Labute approximate surface area is 97.5 Å². The minimum absolute atomic E-state index is 0.779. The maximum absolute atomic E-state index is 4.94. The summed E-state index contributed by atoms with van der Waals surface area (Å²) < 4.78 is 4.94. The highest BCUT2D eigenvalue weighted by Gasteiger charge is 1.87. The van der Waals surface area contributed by atoms with Gasteiger partial charge < -0.3 is 10.1 Å². The lowest BCUT2D eigenvalue weighted by molar-refractivity contribution is 0.199. The molecule has 0 atom stereocenters. The van der Waals surface area contributed by atoms with Crippen LogP contribution in [0.25, 0.3) is 0 Å². The predicted molar refractivity (Wildman–Crippen MR) is 66.4 cm³/mol. The maximum atomic E-state index is 4.94. The number of hydrogen-bond acceptors (Lipinski definition) is 3. The summed E-state index contributed by atoms with van der Waals surface area (Å²) in [6, 6.07) is 4.09. The standard InChI is InChI=1S/C13H20N2O/c1-16-12-11-14-8-4-2-3-5-13-6-9-15-10-7-13/h2-3,6-7,9-10,14H,4-5,8,11-12H2,1H3. The monoisotopic (exact) mass is 220 g/mol. The number of rotatable bonds is 8. The topological polar surface area (TPSA) is 34.1 Å². The third-order valence-electron chi connectivity index (χ3n) is 2.24. The molecule has 3 nitrogen and oxygen atoms in total. The molecule has 0 radical (unpaired) electrons. The molecule has 0 aromatic carbocycles. The van der Waals surface area contributed by atoms with E-state index in [-0.39, 0.29) is 0 Å². The van der Waals surface area contributed by atoms with E-state index in [4.69, 9.17) is 4.74 Å². The Bertz CT molecular complexity index is 285. The fourth-order valence-corrected chi connectivity index (χ4v) is 1.34. The Kier molecular flexibility index (Phi) is 7.30. The van der Waals surface area contributed by atoms with E-state index in [1.165, 1.54) is 5.56 Å². The summed E-state index contributed by atoms with van der Waals surface area (Å²) in [6.07, 6.45) is 10.1. The minimum atomic E-state index is 0.779. The van der Waals surface area contributed by atoms with E-state index in [1.807, 2.05) is 24.5 Å². The first kappa shape index (κ1) is 12.9. The third-order valence-corrected chi connectivity index (χ3v) is 2.24. The molecule has 1 aromatic rings. The molecule has 0 aliphatic rings. The van der Waals surface area contributed by atoms with E-state index >= 15 is 0 Å². The number of allylic oxidation sites excluding steroid dienone is 1. The zero-order valence-corrected chi connectivity index (χ0v) is 9.86. The molecular weight excluding hydrogens is 200 g/mol. The van der Waals surface area contributed by atoms with Crippen molar-refractivity contribution in [2.24, 2.45) is 0 Å². The lowest BCUT2D eigenvalue weighted by atomic mass is 10.2. The van der Waals surface area contributed by atoms with Crippen molar-refractivity contribution >= 4 is 0 Å². The van der Waals surface area contributed by atoms with Gasteiger partial charge in [0.2, 0.25) is 0 Å². The SMILES string of the molecule is COCCNCCC=CCc1ccncc1. The van der Waals surface area contributed by atoms with Gasteiger partial charge in [-0.3, -0.25) is 4.98 Å². The van der Waals surface area contributed by atoms with Gasteiger partial charge >= 0.3 is 0 Å². The summed E-state index contributed by atoms with van der Waals surface area (Å²) in [5, 5.41) is 3.30. The zero-order chi connectivity index (χ0) is 11.5. The van der Waals surface area contributed by atoms with Gasteiger partial charge in [-0.2, -0.15) is 0 Å². The number of nitrogens with one attached hydrogen (secondary N) is 1. The average molecular weight is 220 g/mol. The van der Waals surface area contributed by atoms with Crippen molar-refractivity contribution in [3.8, 4) is 0 Å². The Balaban J connectivity index is 2.01. The molecule has 1 heterocycles. The van der Waals surface area contributed by atoms with Crippen LogP contribution < -0.4 is 5.32 Å². The Morgan fingerprint density at radius 2 is 2.06 bits per heavy atom. The first-order chi connectivity index (χ1) is 7.93. The lowest BCUT2D eigenvalue weighted by Gasteiger charge is -2.00. The van der Waals surface area contributed by atoms with Crippen molar-refractivity contribution in [3.63, 3.8) is 0 Å². The maximum Gasteiger partial charge on any atom is 0.0587 e. The summed E-state index contributed by atoms with van der Waals surface area (Å²) >= 11 is 0. The summed E-state index contributed by atoms with van der Waals surface area (Å²) in [6.45, 7) is 2.71. The Morgan fingerprint density at radius 1 is 1.25 bits per heavy atom. The fraction of sp³-hybridized carbons (Fsp3) is 0.462. The second-order valence-electron chi connectivity index (χ2n) is 3.56. The predicted octanol–water partition coefficient (Wildman–Crippen LogP) is 1.81. The first-order valence-corrected chi connectivity index (χ1v) is 5.67. The molecule has 3 heteroatoms. The number of aromatic nitrogens is 1. The van der Waals surface area contributed by atoms with E-state index in [0.29, 0.717) is 0 Å². The normalized spacial score (nSPS) is 11.1. The van der Waals surface area contributed by atoms with Crippen molar-refractivity contribution in [1.82, 2.24) is 10.3 Å². The number of methoxy groups -OCH3 is 1. The molecule has 1 aromatic heterocycles. The van der Waals surface area contributed by atoms with Crippen LogP contribution in [0.2, 0.25) is 0 Å². The molecule has 1 rings (SSSR count). The summed E-state index contributed by atoms with van der Waals surface area (Å²) in [4.78, 5) is 3.99. The molecule has 0 spiro atoms. The molecule has 0 bridgehead atoms. The summed E-state index contributed by atoms with van der Waals surface area (Å²) in [5.41, 5.74) is 1.30. The highest BCUT2D eigenvalue weighted by atomic mass is 16.5. The molecule has 0 fully saturated rings. The fourth-order valence-electron chi connectivity index (χ4n) is 1.34. The van der Waals surface area contributed by atoms with Crippen LogP contribution in [0.4, 0.5) is 0 Å². The molecule has 0 unspecified atom stereocenters. The molecule has 0 aliphatic carbocycles. The van der Waals surface area contributed by atoms with Crippen LogP contribution in [-0.4, -0.2) is 31.8 Å². The van der Waals surface area contributed by atoms with Gasteiger partial charge in [0.05, 0.1) is 6.61 Å². The smallest absolute Gasteiger partial charge is 0.0587 e. The second-order valence-corrected chi connectivity index (χ2v) is 3.56. The van der Waals surface area contributed by atoms with Gasteiger partial charge in [-0.15, -0.1) is 0 Å². The van der Waals surface area contributed by atoms with Crippen LogP contribution in [0.1, 0.15) is 12.0 Å². The molecule has 88 valence electrons. The van der Waals surface area contributed by atoms with E-state index in [2.05, 4.69) is 22.5 Å². The largest absolute Gasteiger partial charge is 0.383 e. The van der Waals surface area contributed by atoms with Crippen molar-refractivity contribution in [2.45, 2.75) is 12.8 Å². The molecule has 0 saturated heterocycles. The van der Waals surface area contributed by atoms with Crippen molar-refractivity contribution < 1.29 is 4.74 Å². The van der Waals surface area contributed by atoms with Crippen molar-refractivity contribution in [1.29, 1.82) is 0 Å². The molecule has 16 heavy (non-hydrogen) atoms. The van der Waals surface area contributed by atoms with Crippen molar-refractivity contribution in [3.05, 3.63) is 42.2 Å². The summed E-state index contributed by atoms with van der Waals surface area (Å²) in [7, 11) is 1.72. The Morgan fingerprint density at radius 3 is 2.81 bits per heavy atom. The average Bonchev–Trinajstić information content (AvgIpc) is 2.34. The van der Waals surface area contributed by atoms with Crippen molar-refractivity contribution in [2.75, 3.05) is 26.8 Å². The van der Waals surface area contributed by atoms with E-state index in [9.17, 15) is 0 Å². The zero-order valence-electron chi connectivity index (χ0n) is 9.86. The number of pyridine rings is 1. The van der Waals surface area contributed by atoms with Gasteiger partial charge in [-0.1, -0.05) is 12.2 Å². The van der Waals surface area contributed by atoms with Crippen LogP contribution >= 0.6 is 0 Å². The Hall–Kier alpha value is -1.19. The van der Waals surface area contributed by atoms with Crippen LogP contribution in [-0.2, 0) is 11.2 Å². The van der Waals surface area contributed by atoms with Gasteiger partial charge in [0, 0.05) is 26.0 Å². The van der Waals surface area contributed by atoms with Gasteiger partial charge in [-0.25, -0.2) is 0 Å². The van der Waals surface area contributed by atoms with Gasteiger partial charge in [-0.05, 0) is 37.1 Å². The molecule has 0 aliphatic heterocycles. The lowest BCUT2D eigenvalue weighted by Crippen LogP contribution is -2.19. The second kappa shape index (κ2) is 9.07. The van der Waals surface area contributed by atoms with E-state index < -0.39 is 0 Å². The minimum Gasteiger partial charge on any atom is -0.383 e. The quantitative estimate of drug-likeness (QED) is 0.536.